The zero-order valence-electron chi connectivity index (χ0n) is 15.6. The lowest BCUT2D eigenvalue weighted by Gasteiger charge is -2.13. The summed E-state index contributed by atoms with van der Waals surface area (Å²) in [6.45, 7) is 0.505. The van der Waals surface area contributed by atoms with E-state index in [9.17, 15) is 4.79 Å². The fourth-order valence-electron chi connectivity index (χ4n) is 2.47. The number of ether oxygens (including phenoxy) is 2. The number of amides is 1. The van der Waals surface area contributed by atoms with Gasteiger partial charge in [-0.15, -0.1) is 0 Å². The smallest absolute Gasteiger partial charge is 0.239 e. The van der Waals surface area contributed by atoms with E-state index in [0.717, 1.165) is 11.3 Å². The number of anilines is 1. The van der Waals surface area contributed by atoms with E-state index in [1.54, 1.807) is 25.3 Å². The number of para-hydroxylation sites is 2. The number of benzene rings is 2. The molecular weight excluding hydrogens is 413 g/mol. The van der Waals surface area contributed by atoms with Crippen molar-refractivity contribution in [1.82, 2.24) is 10.3 Å². The van der Waals surface area contributed by atoms with E-state index in [1.165, 1.54) is 6.20 Å². The topological polar surface area (TPSA) is 72.5 Å². The molecule has 1 amide bonds. The summed E-state index contributed by atoms with van der Waals surface area (Å²) < 4.78 is 10.9. The van der Waals surface area contributed by atoms with Crippen LogP contribution >= 0.6 is 23.2 Å². The normalized spacial score (nSPS) is 10.3. The fourth-order valence-corrected chi connectivity index (χ4v) is 2.88. The Hall–Kier alpha value is -2.96. The van der Waals surface area contributed by atoms with Crippen LogP contribution in [0.3, 0.4) is 0 Å². The van der Waals surface area contributed by atoms with E-state index in [1.807, 2.05) is 36.4 Å². The van der Waals surface area contributed by atoms with Gasteiger partial charge in [-0.3, -0.25) is 4.79 Å². The SMILES string of the molecule is COc1ccc(CNC(=O)CNc2ccccc2Oc2ncc(Cl)cc2Cl)cc1. The van der Waals surface area contributed by atoms with Crippen LogP contribution in [0.25, 0.3) is 0 Å². The summed E-state index contributed by atoms with van der Waals surface area (Å²) in [6, 6.07) is 16.3. The molecule has 6 nitrogen and oxygen atoms in total. The third-order valence-corrected chi connectivity index (χ3v) is 4.43. The standard InChI is InChI=1S/C21H19Cl2N3O3/c1-28-16-8-6-14(7-9-16)11-25-20(27)13-24-18-4-2-3-5-19(18)29-21-17(23)10-15(22)12-26-21/h2-10,12,24H,11,13H2,1H3,(H,25,27). The summed E-state index contributed by atoms with van der Waals surface area (Å²) in [7, 11) is 1.61. The zero-order chi connectivity index (χ0) is 20.6. The highest BCUT2D eigenvalue weighted by molar-refractivity contribution is 6.35. The van der Waals surface area contributed by atoms with Gasteiger partial charge in [-0.1, -0.05) is 47.5 Å². The highest BCUT2D eigenvalue weighted by atomic mass is 35.5. The first-order valence-corrected chi connectivity index (χ1v) is 9.52. The largest absolute Gasteiger partial charge is 0.497 e. The molecule has 0 fully saturated rings. The van der Waals surface area contributed by atoms with E-state index >= 15 is 0 Å². The first kappa shape index (κ1) is 20.8. The lowest BCUT2D eigenvalue weighted by molar-refractivity contribution is -0.119. The van der Waals surface area contributed by atoms with Crippen LogP contribution < -0.4 is 20.1 Å². The second-order valence-electron chi connectivity index (χ2n) is 6.02. The van der Waals surface area contributed by atoms with Gasteiger partial charge in [-0.05, 0) is 35.9 Å². The molecule has 29 heavy (non-hydrogen) atoms. The van der Waals surface area contributed by atoms with Crippen LogP contribution in [0.15, 0.2) is 60.8 Å². The van der Waals surface area contributed by atoms with Gasteiger partial charge < -0.3 is 20.1 Å². The van der Waals surface area contributed by atoms with E-state index < -0.39 is 0 Å². The van der Waals surface area contributed by atoms with Crippen LogP contribution in [0.4, 0.5) is 5.69 Å². The fraction of sp³-hybridized carbons (Fsp3) is 0.143. The van der Waals surface area contributed by atoms with Crippen molar-refractivity contribution in [3.05, 3.63) is 76.4 Å². The van der Waals surface area contributed by atoms with Gasteiger partial charge in [0.2, 0.25) is 11.8 Å². The van der Waals surface area contributed by atoms with Gasteiger partial charge in [-0.25, -0.2) is 4.98 Å². The van der Waals surface area contributed by atoms with Crippen LogP contribution in [-0.4, -0.2) is 24.5 Å². The van der Waals surface area contributed by atoms with Crippen molar-refractivity contribution in [2.75, 3.05) is 19.0 Å². The highest BCUT2D eigenvalue weighted by Gasteiger charge is 2.10. The Kier molecular flexibility index (Phi) is 7.16. The van der Waals surface area contributed by atoms with Crippen molar-refractivity contribution in [2.45, 2.75) is 6.54 Å². The number of hydrogen-bond acceptors (Lipinski definition) is 5. The number of carbonyl (C=O) groups excluding carboxylic acids is 1. The van der Waals surface area contributed by atoms with E-state index in [0.29, 0.717) is 28.0 Å². The quantitative estimate of drug-likeness (QED) is 0.529. The molecule has 0 unspecified atom stereocenters. The minimum atomic E-state index is -0.154. The molecule has 8 heteroatoms. The van der Waals surface area contributed by atoms with Gasteiger partial charge in [0.05, 0.1) is 24.4 Å². The first-order chi connectivity index (χ1) is 14.0. The first-order valence-electron chi connectivity index (χ1n) is 8.76. The van der Waals surface area contributed by atoms with Crippen LogP contribution in [0.5, 0.6) is 17.4 Å². The molecule has 3 aromatic rings. The number of halogens is 2. The molecule has 0 bridgehead atoms. The van der Waals surface area contributed by atoms with E-state index in [-0.39, 0.29) is 18.3 Å². The zero-order valence-corrected chi connectivity index (χ0v) is 17.1. The number of nitrogens with one attached hydrogen (secondary N) is 2. The number of hydrogen-bond donors (Lipinski definition) is 2. The van der Waals surface area contributed by atoms with Gasteiger partial charge in [0.25, 0.3) is 0 Å². The molecular formula is C21H19Cl2N3O3. The predicted molar refractivity (Wildman–Crippen MR) is 114 cm³/mol. The minimum Gasteiger partial charge on any atom is -0.497 e. The van der Waals surface area contributed by atoms with Crippen molar-refractivity contribution < 1.29 is 14.3 Å². The molecule has 0 atom stereocenters. The minimum absolute atomic E-state index is 0.0817. The lowest BCUT2D eigenvalue weighted by Crippen LogP contribution is -2.29. The molecule has 0 saturated heterocycles. The third kappa shape index (κ3) is 6.01. The number of aromatic nitrogens is 1. The summed E-state index contributed by atoms with van der Waals surface area (Å²) in [5, 5.41) is 6.64. The lowest BCUT2D eigenvalue weighted by atomic mass is 10.2. The van der Waals surface area contributed by atoms with Gasteiger partial charge in [0, 0.05) is 12.7 Å². The molecule has 0 spiro atoms. The number of methoxy groups -OCH3 is 1. The Morgan fingerprint density at radius 3 is 2.59 bits per heavy atom. The maximum absolute atomic E-state index is 12.2. The third-order valence-electron chi connectivity index (χ3n) is 3.96. The van der Waals surface area contributed by atoms with Gasteiger partial charge in [0.15, 0.2) is 5.75 Å². The second-order valence-corrected chi connectivity index (χ2v) is 6.86. The van der Waals surface area contributed by atoms with Crippen molar-refractivity contribution >= 4 is 34.8 Å². The summed E-state index contributed by atoms with van der Waals surface area (Å²) >= 11 is 12.0. The van der Waals surface area contributed by atoms with E-state index in [2.05, 4.69) is 15.6 Å². The van der Waals surface area contributed by atoms with Crippen LogP contribution in [0, 0.1) is 0 Å². The average Bonchev–Trinajstić information content (AvgIpc) is 2.74. The van der Waals surface area contributed by atoms with Crippen LogP contribution in [0.2, 0.25) is 10.0 Å². The van der Waals surface area contributed by atoms with Crippen LogP contribution in [0.1, 0.15) is 5.56 Å². The number of nitrogens with zero attached hydrogens (tertiary/aromatic N) is 1. The Morgan fingerprint density at radius 1 is 1.10 bits per heavy atom. The molecule has 150 valence electrons. The van der Waals surface area contributed by atoms with Crippen molar-refractivity contribution in [3.8, 4) is 17.4 Å². The molecule has 0 saturated carbocycles. The predicted octanol–water partition coefficient (Wildman–Crippen LogP) is 4.92. The Labute approximate surface area is 178 Å². The maximum atomic E-state index is 12.2. The average molecular weight is 432 g/mol. The molecule has 1 aromatic heterocycles. The maximum Gasteiger partial charge on any atom is 0.239 e. The van der Waals surface area contributed by atoms with E-state index in [4.69, 9.17) is 32.7 Å². The molecule has 3 rings (SSSR count). The summed E-state index contributed by atoms with van der Waals surface area (Å²) in [5.74, 6) is 1.34. The summed E-state index contributed by atoms with van der Waals surface area (Å²) in [4.78, 5) is 16.3. The molecule has 1 heterocycles. The Bertz CT molecular complexity index is 981. The highest BCUT2D eigenvalue weighted by Crippen LogP contribution is 2.33. The Balaban J connectivity index is 1.56. The Morgan fingerprint density at radius 2 is 1.86 bits per heavy atom. The number of rotatable bonds is 8. The molecule has 0 aliphatic carbocycles. The van der Waals surface area contributed by atoms with Gasteiger partial charge in [-0.2, -0.15) is 0 Å². The summed E-state index contributed by atoms with van der Waals surface area (Å²) in [5.41, 5.74) is 1.62. The molecule has 0 radical (unpaired) electrons. The van der Waals surface area contributed by atoms with Crippen molar-refractivity contribution in [3.63, 3.8) is 0 Å². The van der Waals surface area contributed by atoms with Crippen LogP contribution in [-0.2, 0) is 11.3 Å². The van der Waals surface area contributed by atoms with Crippen molar-refractivity contribution in [1.29, 1.82) is 0 Å². The number of carbonyl (C=O) groups is 1. The molecule has 0 aliphatic rings. The van der Waals surface area contributed by atoms with Crippen molar-refractivity contribution in [2.24, 2.45) is 0 Å². The summed E-state index contributed by atoms with van der Waals surface area (Å²) in [6.07, 6.45) is 1.45. The number of pyridine rings is 1. The van der Waals surface area contributed by atoms with Gasteiger partial charge in [0.1, 0.15) is 10.8 Å². The molecule has 2 aromatic carbocycles. The molecule has 0 aliphatic heterocycles. The second kappa shape index (κ2) is 10.0. The monoisotopic (exact) mass is 431 g/mol. The molecule has 2 N–H and O–H groups in total. The van der Waals surface area contributed by atoms with Gasteiger partial charge >= 0.3 is 0 Å².